The van der Waals surface area contributed by atoms with Crippen LogP contribution in [0.15, 0.2) is 36.4 Å². The van der Waals surface area contributed by atoms with Gasteiger partial charge in [-0.25, -0.2) is 9.97 Å². The topological polar surface area (TPSA) is 49.3 Å². The van der Waals surface area contributed by atoms with E-state index in [1.54, 1.807) is 0 Å². The summed E-state index contributed by atoms with van der Waals surface area (Å²) in [6, 6.07) is 12.0. The number of para-hydroxylation sites is 1. The van der Waals surface area contributed by atoms with Gasteiger partial charge in [-0.2, -0.15) is 0 Å². The average molecular weight is 336 g/mol. The first-order valence-electron chi connectivity index (χ1n) is 9.14. The Hall–Kier alpha value is -2.43. The summed E-state index contributed by atoms with van der Waals surface area (Å²) in [5.41, 5.74) is 3.06. The molecule has 0 unspecified atom stereocenters. The number of hydrogen-bond donors (Lipinski definition) is 0. The maximum atomic E-state index is 12.4. The quantitative estimate of drug-likeness (QED) is 0.861. The van der Waals surface area contributed by atoms with E-state index in [0.29, 0.717) is 12.3 Å². The fourth-order valence-electron chi connectivity index (χ4n) is 3.85. The van der Waals surface area contributed by atoms with Crippen LogP contribution in [0.5, 0.6) is 0 Å². The number of nitrogens with zero attached hydrogens (tertiary/aromatic N) is 4. The van der Waals surface area contributed by atoms with Gasteiger partial charge in [0.15, 0.2) is 0 Å². The molecule has 2 aliphatic heterocycles. The van der Waals surface area contributed by atoms with Gasteiger partial charge in [0.25, 0.3) is 0 Å². The molecule has 5 nitrogen and oxygen atoms in total. The number of hydrogen-bond acceptors (Lipinski definition) is 4. The van der Waals surface area contributed by atoms with Gasteiger partial charge in [-0.1, -0.05) is 18.2 Å². The van der Waals surface area contributed by atoms with Crippen molar-refractivity contribution in [2.24, 2.45) is 5.92 Å². The summed E-state index contributed by atoms with van der Waals surface area (Å²) in [4.78, 5) is 26.0. The first kappa shape index (κ1) is 16.1. The summed E-state index contributed by atoms with van der Waals surface area (Å²) in [6.45, 7) is 4.89. The third-order valence-corrected chi connectivity index (χ3v) is 5.06. The lowest BCUT2D eigenvalue weighted by Gasteiger charge is -2.18. The van der Waals surface area contributed by atoms with Crippen molar-refractivity contribution in [3.8, 4) is 0 Å². The zero-order chi connectivity index (χ0) is 17.2. The molecule has 1 amide bonds. The molecular weight excluding hydrogens is 312 g/mol. The van der Waals surface area contributed by atoms with Crippen LogP contribution >= 0.6 is 0 Å². The van der Waals surface area contributed by atoms with Crippen molar-refractivity contribution >= 4 is 17.5 Å². The molecule has 0 radical (unpaired) electrons. The van der Waals surface area contributed by atoms with E-state index in [1.807, 2.05) is 42.2 Å². The van der Waals surface area contributed by atoms with Crippen LogP contribution in [0, 0.1) is 12.8 Å². The van der Waals surface area contributed by atoms with Crippen molar-refractivity contribution in [2.45, 2.75) is 32.6 Å². The first-order valence-corrected chi connectivity index (χ1v) is 9.14. The molecule has 1 aromatic carbocycles. The molecule has 1 aromatic heterocycles. The van der Waals surface area contributed by atoms with Crippen molar-refractivity contribution in [1.29, 1.82) is 0 Å². The van der Waals surface area contributed by atoms with Crippen molar-refractivity contribution in [3.63, 3.8) is 0 Å². The minimum atomic E-state index is 0.210. The Morgan fingerprint density at radius 3 is 2.64 bits per heavy atom. The number of carbonyl (C=O) groups excluding carboxylic acids is 1. The lowest BCUT2D eigenvalue weighted by atomic mass is 10.0. The van der Waals surface area contributed by atoms with Crippen molar-refractivity contribution in [2.75, 3.05) is 29.4 Å². The van der Waals surface area contributed by atoms with Crippen LogP contribution in [-0.2, 0) is 11.2 Å². The van der Waals surface area contributed by atoms with E-state index in [1.165, 1.54) is 12.8 Å². The molecule has 0 saturated carbocycles. The second kappa shape index (κ2) is 6.82. The Balaban J connectivity index is 1.48. The van der Waals surface area contributed by atoms with Gasteiger partial charge in [0, 0.05) is 43.1 Å². The SMILES string of the molecule is Cc1cc(C[C@H]2CC(=O)N(c3ccccc3)C2)nc(N2CCCC2)n1. The molecule has 2 aliphatic rings. The monoisotopic (exact) mass is 336 g/mol. The van der Waals surface area contributed by atoms with Crippen LogP contribution in [-0.4, -0.2) is 35.5 Å². The molecule has 2 fully saturated rings. The molecule has 4 rings (SSSR count). The summed E-state index contributed by atoms with van der Waals surface area (Å²) >= 11 is 0. The Kier molecular flexibility index (Phi) is 4.38. The second-order valence-electron chi connectivity index (χ2n) is 7.11. The summed E-state index contributed by atoms with van der Waals surface area (Å²) in [7, 11) is 0. The maximum Gasteiger partial charge on any atom is 0.227 e. The van der Waals surface area contributed by atoms with E-state index in [0.717, 1.165) is 49.1 Å². The van der Waals surface area contributed by atoms with E-state index >= 15 is 0 Å². The fraction of sp³-hybridized carbons (Fsp3) is 0.450. The lowest BCUT2D eigenvalue weighted by molar-refractivity contribution is -0.117. The van der Waals surface area contributed by atoms with Crippen LogP contribution in [0.2, 0.25) is 0 Å². The molecule has 130 valence electrons. The minimum absolute atomic E-state index is 0.210. The zero-order valence-corrected chi connectivity index (χ0v) is 14.7. The molecule has 0 spiro atoms. The van der Waals surface area contributed by atoms with Gasteiger partial charge < -0.3 is 9.80 Å². The number of benzene rings is 1. The third kappa shape index (κ3) is 3.50. The van der Waals surface area contributed by atoms with E-state index < -0.39 is 0 Å². The molecule has 0 aliphatic carbocycles. The number of aryl methyl sites for hydroxylation is 1. The number of amides is 1. The van der Waals surface area contributed by atoms with E-state index in [-0.39, 0.29) is 5.91 Å². The van der Waals surface area contributed by atoms with Crippen molar-refractivity contribution in [1.82, 2.24) is 9.97 Å². The molecule has 2 aromatic rings. The molecule has 3 heterocycles. The number of anilines is 2. The first-order chi connectivity index (χ1) is 12.2. The van der Waals surface area contributed by atoms with E-state index in [9.17, 15) is 4.79 Å². The van der Waals surface area contributed by atoms with E-state index in [2.05, 4.69) is 16.0 Å². The Morgan fingerprint density at radius 1 is 1.12 bits per heavy atom. The summed E-state index contributed by atoms with van der Waals surface area (Å²) in [6.07, 6.45) is 3.86. The number of carbonyl (C=O) groups is 1. The molecule has 0 N–H and O–H groups in total. The summed E-state index contributed by atoms with van der Waals surface area (Å²) in [5, 5.41) is 0. The van der Waals surface area contributed by atoms with Crippen LogP contribution < -0.4 is 9.80 Å². The minimum Gasteiger partial charge on any atom is -0.341 e. The highest BCUT2D eigenvalue weighted by Crippen LogP contribution is 2.27. The van der Waals surface area contributed by atoms with Gasteiger partial charge in [0.1, 0.15) is 0 Å². The predicted octanol–water partition coefficient (Wildman–Crippen LogP) is 2.98. The molecule has 0 bridgehead atoms. The van der Waals surface area contributed by atoms with Crippen molar-refractivity contribution in [3.05, 3.63) is 47.8 Å². The molecule has 2 saturated heterocycles. The summed E-state index contributed by atoms with van der Waals surface area (Å²) in [5.74, 6) is 1.38. The highest BCUT2D eigenvalue weighted by atomic mass is 16.2. The maximum absolute atomic E-state index is 12.4. The molecule has 5 heteroatoms. The third-order valence-electron chi connectivity index (χ3n) is 5.06. The van der Waals surface area contributed by atoms with Crippen molar-refractivity contribution < 1.29 is 4.79 Å². The van der Waals surface area contributed by atoms with Crippen LogP contribution in [0.25, 0.3) is 0 Å². The van der Waals surface area contributed by atoms with Crippen LogP contribution in [0.3, 0.4) is 0 Å². The normalized spacial score (nSPS) is 20.5. The molecular formula is C20H24N4O. The second-order valence-corrected chi connectivity index (χ2v) is 7.11. The van der Waals surface area contributed by atoms with Gasteiger partial charge in [-0.15, -0.1) is 0 Å². The predicted molar refractivity (Wildman–Crippen MR) is 98.8 cm³/mol. The van der Waals surface area contributed by atoms with Gasteiger partial charge in [0.05, 0.1) is 0 Å². The fourth-order valence-corrected chi connectivity index (χ4v) is 3.85. The van der Waals surface area contributed by atoms with E-state index in [4.69, 9.17) is 4.98 Å². The van der Waals surface area contributed by atoms with Gasteiger partial charge in [-0.3, -0.25) is 4.79 Å². The highest BCUT2D eigenvalue weighted by Gasteiger charge is 2.31. The lowest BCUT2D eigenvalue weighted by Crippen LogP contribution is -2.24. The smallest absolute Gasteiger partial charge is 0.227 e. The largest absolute Gasteiger partial charge is 0.341 e. The van der Waals surface area contributed by atoms with Crippen LogP contribution in [0.4, 0.5) is 11.6 Å². The van der Waals surface area contributed by atoms with Gasteiger partial charge in [-0.05, 0) is 50.3 Å². The standard InChI is InChI=1S/C20H24N4O/c1-15-11-17(22-20(21-15)23-9-5-6-10-23)12-16-13-19(25)24(14-16)18-7-3-2-4-8-18/h2-4,7-8,11,16H,5-6,9-10,12-14H2,1H3/t16-/m0/s1. The highest BCUT2D eigenvalue weighted by molar-refractivity contribution is 5.95. The Labute approximate surface area is 148 Å². The molecule has 25 heavy (non-hydrogen) atoms. The Bertz CT molecular complexity index is 756. The van der Waals surface area contributed by atoms with Gasteiger partial charge in [0.2, 0.25) is 11.9 Å². The Morgan fingerprint density at radius 2 is 1.88 bits per heavy atom. The van der Waals surface area contributed by atoms with Gasteiger partial charge >= 0.3 is 0 Å². The average Bonchev–Trinajstić information content (AvgIpc) is 3.25. The number of rotatable bonds is 4. The molecule has 1 atom stereocenters. The van der Waals surface area contributed by atoms with Crippen LogP contribution in [0.1, 0.15) is 30.7 Å². The summed E-state index contributed by atoms with van der Waals surface area (Å²) < 4.78 is 0. The number of aromatic nitrogens is 2. The zero-order valence-electron chi connectivity index (χ0n) is 14.7.